The van der Waals surface area contributed by atoms with Crippen molar-refractivity contribution in [1.82, 2.24) is 10.0 Å². The molecule has 3 aromatic rings. The van der Waals surface area contributed by atoms with Crippen molar-refractivity contribution in [1.29, 1.82) is 5.26 Å². The number of carbonyl (C=O) groups excluding carboxylic acids is 1. The van der Waals surface area contributed by atoms with Gasteiger partial charge in [-0.25, -0.2) is 0 Å². The predicted molar refractivity (Wildman–Crippen MR) is 126 cm³/mol. The van der Waals surface area contributed by atoms with Crippen LogP contribution in [0.3, 0.4) is 0 Å². The first-order chi connectivity index (χ1) is 17.2. The van der Waals surface area contributed by atoms with Crippen LogP contribution in [0.15, 0.2) is 59.7 Å². The van der Waals surface area contributed by atoms with Crippen LogP contribution in [-0.4, -0.2) is 28.9 Å². The fourth-order valence-electron chi connectivity index (χ4n) is 3.51. The van der Waals surface area contributed by atoms with Crippen LogP contribution in [0.5, 0.6) is 0 Å². The van der Waals surface area contributed by atoms with E-state index in [1.807, 2.05) is 12.1 Å². The Balaban J connectivity index is 1.81. The Morgan fingerprint density at radius 1 is 1.28 bits per heavy atom. The Kier molecular flexibility index (Phi) is 8.58. The minimum absolute atomic E-state index is 0.0367. The van der Waals surface area contributed by atoms with Gasteiger partial charge >= 0.3 is 5.92 Å². The molecule has 0 atom stereocenters. The number of nitrogens with zero attached hydrogens (tertiary/aromatic N) is 4. The number of nitriles is 1. The lowest BCUT2D eigenvalue weighted by Gasteiger charge is -2.14. The van der Waals surface area contributed by atoms with E-state index in [2.05, 4.69) is 10.3 Å². The molecule has 0 saturated carbocycles. The fourth-order valence-corrected chi connectivity index (χ4v) is 3.70. The van der Waals surface area contributed by atoms with Gasteiger partial charge in [-0.15, -0.1) is 0 Å². The van der Waals surface area contributed by atoms with Crippen LogP contribution in [-0.2, 0) is 30.1 Å². The van der Waals surface area contributed by atoms with E-state index in [0.717, 1.165) is 29.5 Å². The Hall–Kier alpha value is -4.01. The number of benzene rings is 1. The second-order valence-corrected chi connectivity index (χ2v) is 8.25. The summed E-state index contributed by atoms with van der Waals surface area (Å²) in [6.45, 7) is -0.603. The summed E-state index contributed by atoms with van der Waals surface area (Å²) in [6.07, 6.45) is 1.10. The number of aromatic nitrogens is 2. The maximum absolute atomic E-state index is 14.5. The number of halogens is 3. The van der Waals surface area contributed by atoms with Gasteiger partial charge in [-0.3, -0.25) is 9.79 Å². The Bertz CT molecular complexity index is 1370. The van der Waals surface area contributed by atoms with Crippen molar-refractivity contribution in [2.24, 2.45) is 10.7 Å². The van der Waals surface area contributed by atoms with Crippen LogP contribution in [0.1, 0.15) is 28.1 Å². The summed E-state index contributed by atoms with van der Waals surface area (Å²) in [5.41, 5.74) is 6.02. The Labute approximate surface area is 210 Å². The molecule has 0 aliphatic heterocycles. The zero-order valence-corrected chi connectivity index (χ0v) is 19.8. The lowest BCUT2D eigenvalue weighted by molar-refractivity contribution is -0.624. The number of rotatable bonds is 9. The average Bonchev–Trinajstić information content (AvgIpc) is 2.85. The third kappa shape index (κ3) is 6.35. The van der Waals surface area contributed by atoms with Crippen LogP contribution < -0.4 is 21.3 Å². The maximum atomic E-state index is 14.5. The SMILES string of the molecule is N#Cc1ccc(=NCC(F)(F)c2cccc[n+]2[O-])n(O)c1CC(=O)NCc1cc(Cl)ccc1CCN. The zero-order chi connectivity index (χ0) is 26.3. The summed E-state index contributed by atoms with van der Waals surface area (Å²) in [6, 6.07) is 13.1. The Morgan fingerprint density at radius 3 is 2.75 bits per heavy atom. The van der Waals surface area contributed by atoms with E-state index in [1.165, 1.54) is 18.2 Å². The minimum Gasteiger partial charge on any atom is -0.618 e. The van der Waals surface area contributed by atoms with Gasteiger partial charge in [0.05, 0.1) is 17.7 Å². The summed E-state index contributed by atoms with van der Waals surface area (Å²) in [5, 5.41) is 34.8. The van der Waals surface area contributed by atoms with Gasteiger partial charge in [0.1, 0.15) is 12.6 Å². The van der Waals surface area contributed by atoms with Crippen molar-refractivity contribution in [2.75, 3.05) is 13.1 Å². The molecular formula is C24H23ClF2N6O3. The molecule has 4 N–H and O–H groups in total. The molecule has 188 valence electrons. The van der Waals surface area contributed by atoms with E-state index in [-0.39, 0.29) is 28.0 Å². The molecule has 9 nitrogen and oxygen atoms in total. The van der Waals surface area contributed by atoms with Crippen molar-refractivity contribution >= 4 is 17.5 Å². The van der Waals surface area contributed by atoms with E-state index in [9.17, 15) is 29.3 Å². The first-order valence-electron chi connectivity index (χ1n) is 10.8. The summed E-state index contributed by atoms with van der Waals surface area (Å²) in [7, 11) is 0. The number of amides is 1. The van der Waals surface area contributed by atoms with Gasteiger partial charge in [0.15, 0.2) is 11.7 Å². The maximum Gasteiger partial charge on any atom is 0.350 e. The highest BCUT2D eigenvalue weighted by molar-refractivity contribution is 6.30. The van der Waals surface area contributed by atoms with E-state index in [4.69, 9.17) is 17.3 Å². The molecule has 2 heterocycles. The molecule has 1 amide bonds. The summed E-state index contributed by atoms with van der Waals surface area (Å²) >= 11 is 6.05. The highest BCUT2D eigenvalue weighted by atomic mass is 35.5. The van der Waals surface area contributed by atoms with Gasteiger partial charge in [0.25, 0.3) is 5.69 Å². The number of alkyl halides is 2. The van der Waals surface area contributed by atoms with E-state index < -0.39 is 30.5 Å². The van der Waals surface area contributed by atoms with Crippen LogP contribution in [0, 0.1) is 16.5 Å². The molecule has 36 heavy (non-hydrogen) atoms. The third-order valence-corrected chi connectivity index (χ3v) is 5.56. The molecular weight excluding hydrogens is 494 g/mol. The first kappa shape index (κ1) is 26.6. The normalized spacial score (nSPS) is 11.8. The van der Waals surface area contributed by atoms with Crippen LogP contribution in [0.2, 0.25) is 5.02 Å². The number of carbonyl (C=O) groups is 1. The molecule has 0 fully saturated rings. The number of pyridine rings is 2. The van der Waals surface area contributed by atoms with Gasteiger partial charge in [-0.2, -0.15) is 23.5 Å². The number of hydrogen-bond donors (Lipinski definition) is 3. The zero-order valence-electron chi connectivity index (χ0n) is 19.0. The topological polar surface area (TPSA) is 143 Å². The molecule has 0 spiro atoms. The standard InChI is InChI=1S/C24H23ClF2N6O3/c25-19-6-4-16(8-9-28)18(11-19)14-30-23(34)12-20-17(13-29)5-7-22(33(20)36)31-15-24(26,27)21-3-1-2-10-32(21)35/h1-7,10-11,36H,8-9,12,14-15,28H2,(H,30,34). The summed E-state index contributed by atoms with van der Waals surface area (Å²) in [5.74, 6) is -4.16. The van der Waals surface area contributed by atoms with Gasteiger partial charge < -0.3 is 21.5 Å². The van der Waals surface area contributed by atoms with Crippen molar-refractivity contribution in [2.45, 2.75) is 25.3 Å². The molecule has 2 aromatic heterocycles. The van der Waals surface area contributed by atoms with Crippen molar-refractivity contribution in [3.8, 4) is 6.07 Å². The monoisotopic (exact) mass is 516 g/mol. The van der Waals surface area contributed by atoms with E-state index in [1.54, 1.807) is 12.1 Å². The molecule has 3 rings (SSSR count). The smallest absolute Gasteiger partial charge is 0.350 e. The molecule has 0 aliphatic rings. The van der Waals surface area contributed by atoms with Crippen molar-refractivity contribution in [3.05, 3.63) is 98.5 Å². The fraction of sp³-hybridized carbons (Fsp3) is 0.250. The largest absolute Gasteiger partial charge is 0.618 e. The molecule has 1 aromatic carbocycles. The number of nitrogens with two attached hydrogens (primary N) is 1. The highest BCUT2D eigenvalue weighted by Gasteiger charge is 2.39. The van der Waals surface area contributed by atoms with Crippen LogP contribution in [0.4, 0.5) is 8.78 Å². The predicted octanol–water partition coefficient (Wildman–Crippen LogP) is 1.94. The van der Waals surface area contributed by atoms with Gasteiger partial charge in [0, 0.05) is 23.7 Å². The molecule has 0 unspecified atom stereocenters. The van der Waals surface area contributed by atoms with E-state index in [0.29, 0.717) is 22.7 Å². The first-order valence-corrected chi connectivity index (χ1v) is 11.2. The second-order valence-electron chi connectivity index (χ2n) is 7.81. The van der Waals surface area contributed by atoms with Crippen molar-refractivity contribution < 1.29 is 23.5 Å². The summed E-state index contributed by atoms with van der Waals surface area (Å²) < 4.78 is 29.5. The van der Waals surface area contributed by atoms with Gasteiger partial charge in [-0.1, -0.05) is 17.7 Å². The quantitative estimate of drug-likeness (QED) is 0.226. The second kappa shape index (κ2) is 11.6. The molecule has 12 heteroatoms. The van der Waals surface area contributed by atoms with Crippen LogP contribution >= 0.6 is 11.6 Å². The van der Waals surface area contributed by atoms with Gasteiger partial charge in [-0.05, 0) is 54.4 Å². The molecule has 0 saturated heterocycles. The lowest BCUT2D eigenvalue weighted by atomic mass is 10.0. The Morgan fingerprint density at radius 2 is 2.06 bits per heavy atom. The minimum atomic E-state index is -3.63. The van der Waals surface area contributed by atoms with Gasteiger partial charge in [0.2, 0.25) is 5.91 Å². The summed E-state index contributed by atoms with van der Waals surface area (Å²) in [4.78, 5) is 16.3. The third-order valence-electron chi connectivity index (χ3n) is 5.33. The average molecular weight is 517 g/mol. The number of nitrogens with one attached hydrogen (secondary N) is 1. The molecule has 0 aliphatic carbocycles. The number of hydrogen-bond acceptors (Lipinski definition) is 6. The highest BCUT2D eigenvalue weighted by Crippen LogP contribution is 2.25. The van der Waals surface area contributed by atoms with Crippen molar-refractivity contribution in [3.63, 3.8) is 0 Å². The molecule has 0 bridgehead atoms. The lowest BCUT2D eigenvalue weighted by Crippen LogP contribution is -2.39. The molecule has 0 radical (unpaired) electrons. The van der Waals surface area contributed by atoms with E-state index >= 15 is 0 Å². The van der Waals surface area contributed by atoms with Crippen LogP contribution in [0.25, 0.3) is 0 Å².